The van der Waals surface area contributed by atoms with Gasteiger partial charge in [0.15, 0.2) is 0 Å². The monoisotopic (exact) mass is 626 g/mol. The molecule has 0 spiro atoms. The molecule has 8 rings (SSSR count). The molecular formula is C44H38N2S. The quantitative estimate of drug-likeness (QED) is 0.180. The molecule has 0 aliphatic rings. The molecule has 0 radical (unpaired) electrons. The van der Waals surface area contributed by atoms with Crippen LogP contribution in [-0.2, 0) is 0 Å². The topological polar surface area (TPSA) is 17.8 Å². The molecule has 0 aliphatic carbocycles. The van der Waals surface area contributed by atoms with Crippen LogP contribution in [0.2, 0.25) is 0 Å². The van der Waals surface area contributed by atoms with E-state index in [0.717, 1.165) is 16.9 Å². The first kappa shape index (κ1) is 29.4. The fraction of sp³-hybridized carbons (Fsp3) is 0.159. The SMILES string of the molecule is Cc1cc(C(C)C)c(-n2c(-c3cccc4c3sc3cc(-c5cccc(-c6ccccc6)c5)ccc34)nc3ccccc32)c(C(C)C)c1. The van der Waals surface area contributed by atoms with Gasteiger partial charge in [-0.15, -0.1) is 11.3 Å². The molecule has 0 amide bonds. The number of fused-ring (bicyclic) bond motifs is 4. The van der Waals surface area contributed by atoms with E-state index in [1.165, 1.54) is 70.4 Å². The van der Waals surface area contributed by atoms with Crippen LogP contribution in [0.1, 0.15) is 56.2 Å². The molecule has 0 saturated heterocycles. The summed E-state index contributed by atoms with van der Waals surface area (Å²) >= 11 is 1.88. The second-order valence-electron chi connectivity index (χ2n) is 13.3. The summed E-state index contributed by atoms with van der Waals surface area (Å²) in [6, 6.07) is 46.5. The van der Waals surface area contributed by atoms with Gasteiger partial charge in [0, 0.05) is 25.7 Å². The van der Waals surface area contributed by atoms with Crippen molar-refractivity contribution in [1.29, 1.82) is 0 Å². The molecule has 2 heterocycles. The largest absolute Gasteiger partial charge is 0.292 e. The molecule has 6 aromatic carbocycles. The summed E-state index contributed by atoms with van der Waals surface area (Å²) in [7, 11) is 0. The zero-order chi connectivity index (χ0) is 32.2. The fourth-order valence-electron chi connectivity index (χ4n) is 7.07. The first-order valence-electron chi connectivity index (χ1n) is 16.6. The highest BCUT2D eigenvalue weighted by Gasteiger charge is 2.24. The molecule has 230 valence electrons. The molecule has 0 unspecified atom stereocenters. The van der Waals surface area contributed by atoms with E-state index < -0.39 is 0 Å². The van der Waals surface area contributed by atoms with E-state index in [9.17, 15) is 0 Å². The van der Waals surface area contributed by atoms with Crippen molar-refractivity contribution < 1.29 is 0 Å². The van der Waals surface area contributed by atoms with Crippen LogP contribution >= 0.6 is 11.3 Å². The number of rotatable bonds is 6. The number of imidazole rings is 1. The lowest BCUT2D eigenvalue weighted by molar-refractivity contribution is 0.808. The average Bonchev–Trinajstić information content (AvgIpc) is 3.66. The molecule has 2 aromatic heterocycles. The zero-order valence-corrected chi connectivity index (χ0v) is 28.4. The molecule has 8 aromatic rings. The summed E-state index contributed by atoms with van der Waals surface area (Å²) in [6.07, 6.45) is 0. The number of nitrogens with zero attached hydrogens (tertiary/aromatic N) is 2. The lowest BCUT2D eigenvalue weighted by Crippen LogP contribution is -2.09. The first-order valence-corrected chi connectivity index (χ1v) is 17.4. The van der Waals surface area contributed by atoms with Gasteiger partial charge < -0.3 is 0 Å². The van der Waals surface area contributed by atoms with Gasteiger partial charge in [0.05, 0.1) is 16.7 Å². The highest BCUT2D eigenvalue weighted by molar-refractivity contribution is 7.26. The number of hydrogen-bond donors (Lipinski definition) is 0. The third kappa shape index (κ3) is 5.06. The van der Waals surface area contributed by atoms with Gasteiger partial charge in [-0.1, -0.05) is 130 Å². The van der Waals surface area contributed by atoms with E-state index in [2.05, 4.69) is 167 Å². The van der Waals surface area contributed by atoms with Crippen molar-refractivity contribution in [3.05, 3.63) is 144 Å². The Morgan fingerprint density at radius 2 is 1.21 bits per heavy atom. The third-order valence-corrected chi connectivity index (χ3v) is 10.6. The van der Waals surface area contributed by atoms with E-state index in [-0.39, 0.29) is 0 Å². The fourth-order valence-corrected chi connectivity index (χ4v) is 8.32. The average molecular weight is 627 g/mol. The predicted molar refractivity (Wildman–Crippen MR) is 203 cm³/mol. The molecule has 2 nitrogen and oxygen atoms in total. The number of aryl methyl sites for hydroxylation is 1. The van der Waals surface area contributed by atoms with E-state index in [4.69, 9.17) is 4.98 Å². The Balaban J connectivity index is 1.35. The van der Waals surface area contributed by atoms with Gasteiger partial charge in [0.25, 0.3) is 0 Å². The van der Waals surface area contributed by atoms with Gasteiger partial charge in [-0.25, -0.2) is 4.98 Å². The van der Waals surface area contributed by atoms with E-state index in [1.54, 1.807) is 0 Å². The second-order valence-corrected chi connectivity index (χ2v) is 14.4. The normalized spacial score (nSPS) is 11.9. The van der Waals surface area contributed by atoms with Crippen LogP contribution in [0.3, 0.4) is 0 Å². The minimum atomic E-state index is 0.371. The number of hydrogen-bond acceptors (Lipinski definition) is 2. The molecular weight excluding hydrogens is 589 g/mol. The van der Waals surface area contributed by atoms with E-state index in [1.807, 2.05) is 11.3 Å². The van der Waals surface area contributed by atoms with E-state index >= 15 is 0 Å². The maximum absolute atomic E-state index is 5.38. The Hall–Kier alpha value is -4.99. The summed E-state index contributed by atoms with van der Waals surface area (Å²) in [4.78, 5) is 5.38. The van der Waals surface area contributed by atoms with Crippen LogP contribution in [0.25, 0.3) is 70.5 Å². The Labute approximate surface area is 281 Å². The van der Waals surface area contributed by atoms with Gasteiger partial charge in [0.1, 0.15) is 5.82 Å². The van der Waals surface area contributed by atoms with Gasteiger partial charge >= 0.3 is 0 Å². The van der Waals surface area contributed by atoms with Crippen molar-refractivity contribution in [2.75, 3.05) is 0 Å². The second kappa shape index (κ2) is 11.7. The summed E-state index contributed by atoms with van der Waals surface area (Å²) in [5.41, 5.74) is 13.6. The standard InChI is InChI=1S/C44H38N2S/c1-27(2)37-23-29(5)24-38(28(3)4)42(37)46-40-20-10-9-19-39(40)45-44(46)36-18-12-17-35-34-22-21-33(26-41(34)47-43(35)36)32-16-11-15-31(25-32)30-13-7-6-8-14-30/h6-28H,1-5H3. The summed E-state index contributed by atoms with van der Waals surface area (Å²) in [6.45, 7) is 11.4. The lowest BCUT2D eigenvalue weighted by Gasteiger charge is -2.23. The summed E-state index contributed by atoms with van der Waals surface area (Å²) in [5.74, 6) is 1.75. The van der Waals surface area contributed by atoms with Crippen LogP contribution in [0, 0.1) is 6.92 Å². The molecule has 0 fully saturated rings. The van der Waals surface area contributed by atoms with Crippen LogP contribution < -0.4 is 0 Å². The Morgan fingerprint density at radius 1 is 0.574 bits per heavy atom. The molecule has 47 heavy (non-hydrogen) atoms. The molecule has 0 bridgehead atoms. The van der Waals surface area contributed by atoms with Crippen molar-refractivity contribution >= 4 is 42.5 Å². The summed E-state index contributed by atoms with van der Waals surface area (Å²) in [5, 5.41) is 2.57. The first-order chi connectivity index (χ1) is 22.9. The van der Waals surface area contributed by atoms with Crippen molar-refractivity contribution in [2.24, 2.45) is 0 Å². The number of para-hydroxylation sites is 2. The molecule has 0 N–H and O–H groups in total. The number of thiophene rings is 1. The van der Waals surface area contributed by atoms with Crippen molar-refractivity contribution in [1.82, 2.24) is 9.55 Å². The number of aromatic nitrogens is 2. The number of benzene rings is 6. The summed E-state index contributed by atoms with van der Waals surface area (Å²) < 4.78 is 5.02. The predicted octanol–water partition coefficient (Wildman–Crippen LogP) is 12.9. The zero-order valence-electron chi connectivity index (χ0n) is 27.6. The minimum absolute atomic E-state index is 0.371. The smallest absolute Gasteiger partial charge is 0.147 e. The van der Waals surface area contributed by atoms with Gasteiger partial charge in [-0.2, -0.15) is 0 Å². The third-order valence-electron chi connectivity index (χ3n) is 9.38. The highest BCUT2D eigenvalue weighted by Crippen LogP contribution is 2.44. The highest BCUT2D eigenvalue weighted by atomic mass is 32.1. The molecule has 0 aliphatic heterocycles. The maximum Gasteiger partial charge on any atom is 0.147 e. The van der Waals surface area contributed by atoms with Gasteiger partial charge in [-0.05, 0) is 82.5 Å². The maximum atomic E-state index is 5.38. The van der Waals surface area contributed by atoms with Gasteiger partial charge in [0.2, 0.25) is 0 Å². The lowest BCUT2D eigenvalue weighted by atomic mass is 9.90. The Kier molecular flexibility index (Phi) is 7.30. The van der Waals surface area contributed by atoms with Crippen molar-refractivity contribution in [3.8, 4) is 39.3 Å². The van der Waals surface area contributed by atoms with E-state index in [0.29, 0.717) is 11.8 Å². The van der Waals surface area contributed by atoms with Gasteiger partial charge in [-0.3, -0.25) is 4.57 Å². The van der Waals surface area contributed by atoms with Crippen LogP contribution in [0.4, 0.5) is 0 Å². The van der Waals surface area contributed by atoms with Crippen molar-refractivity contribution in [2.45, 2.75) is 46.5 Å². The Morgan fingerprint density at radius 3 is 1.96 bits per heavy atom. The molecule has 0 saturated carbocycles. The minimum Gasteiger partial charge on any atom is -0.292 e. The van der Waals surface area contributed by atoms with Crippen molar-refractivity contribution in [3.63, 3.8) is 0 Å². The molecule has 3 heteroatoms. The Bertz CT molecular complexity index is 2390. The van der Waals surface area contributed by atoms with Crippen LogP contribution in [0.5, 0.6) is 0 Å². The van der Waals surface area contributed by atoms with Crippen LogP contribution in [0.15, 0.2) is 127 Å². The van der Waals surface area contributed by atoms with Crippen LogP contribution in [-0.4, -0.2) is 9.55 Å². The molecule has 0 atom stereocenters.